The zero-order valence-electron chi connectivity index (χ0n) is 11.0. The van der Waals surface area contributed by atoms with Gasteiger partial charge in [-0.25, -0.2) is 0 Å². The molecule has 0 bridgehead atoms. The van der Waals surface area contributed by atoms with Crippen molar-refractivity contribution in [1.82, 2.24) is 0 Å². The minimum atomic E-state index is -0.773. The fraction of sp³-hybridized carbons (Fsp3) is 0.0833. The number of nitrogens with one attached hydrogen (secondary N) is 1. The Morgan fingerprint density at radius 2 is 1.91 bits per heavy atom. The number of carbonyl (C=O) groups is 1. The largest absolute Gasteiger partial charge is 0.433 e. The topological polar surface area (TPSA) is 129 Å². The second-order valence-electron chi connectivity index (χ2n) is 4.22. The van der Waals surface area contributed by atoms with Crippen LogP contribution in [0.15, 0.2) is 28.7 Å². The minimum Gasteiger partial charge on any atom is -0.395 e. The molecule has 2 rings (SSSR count). The van der Waals surface area contributed by atoms with Gasteiger partial charge in [0.05, 0.1) is 11.0 Å². The lowest BCUT2D eigenvalue weighted by Crippen LogP contribution is -2.12. The van der Waals surface area contributed by atoms with Crippen LogP contribution in [0.25, 0.3) is 0 Å². The highest BCUT2D eigenvalue weighted by atomic mass is 35.5. The first-order valence-corrected chi connectivity index (χ1v) is 6.17. The summed E-state index contributed by atoms with van der Waals surface area (Å²) in [6, 6.07) is 4.63. The van der Waals surface area contributed by atoms with E-state index in [1.165, 1.54) is 12.1 Å². The summed E-state index contributed by atoms with van der Waals surface area (Å²) in [5.74, 6) is -1.56. The fourth-order valence-corrected chi connectivity index (χ4v) is 1.91. The van der Waals surface area contributed by atoms with E-state index in [0.717, 1.165) is 12.1 Å². The number of nitro groups is 2. The van der Waals surface area contributed by atoms with E-state index >= 15 is 0 Å². The Morgan fingerprint density at radius 1 is 1.23 bits per heavy atom. The lowest BCUT2D eigenvalue weighted by Gasteiger charge is -2.07. The predicted molar refractivity (Wildman–Crippen MR) is 76.2 cm³/mol. The van der Waals surface area contributed by atoms with Gasteiger partial charge < -0.3 is 9.73 Å². The molecule has 9 nitrogen and oxygen atoms in total. The summed E-state index contributed by atoms with van der Waals surface area (Å²) in [5.41, 5.74) is 0.357. The lowest BCUT2D eigenvalue weighted by atomic mass is 10.1. The number of furan rings is 1. The van der Waals surface area contributed by atoms with Crippen LogP contribution in [-0.2, 0) is 0 Å². The number of carbonyl (C=O) groups excluding carboxylic acids is 1. The van der Waals surface area contributed by atoms with Gasteiger partial charge in [0.15, 0.2) is 5.76 Å². The van der Waals surface area contributed by atoms with Gasteiger partial charge in [0.25, 0.3) is 11.6 Å². The van der Waals surface area contributed by atoms with Crippen LogP contribution in [0.2, 0.25) is 5.02 Å². The van der Waals surface area contributed by atoms with Crippen molar-refractivity contribution < 1.29 is 19.1 Å². The Morgan fingerprint density at radius 3 is 2.45 bits per heavy atom. The first-order valence-electron chi connectivity index (χ1n) is 5.79. The number of nitro benzene ring substituents is 1. The number of amides is 1. The van der Waals surface area contributed by atoms with Crippen LogP contribution in [0.5, 0.6) is 0 Å². The third kappa shape index (κ3) is 3.04. The number of rotatable bonds is 4. The van der Waals surface area contributed by atoms with E-state index in [0.29, 0.717) is 5.56 Å². The molecule has 0 saturated carbocycles. The fourth-order valence-electron chi connectivity index (χ4n) is 1.67. The summed E-state index contributed by atoms with van der Waals surface area (Å²) in [6.45, 7) is 1.55. The second-order valence-corrected chi connectivity index (χ2v) is 4.63. The molecule has 1 amide bonds. The number of hydrogen-bond acceptors (Lipinski definition) is 6. The molecular formula is C12H8ClN3O6. The zero-order chi connectivity index (χ0) is 16.4. The third-order valence-electron chi connectivity index (χ3n) is 2.73. The molecule has 114 valence electrons. The highest BCUT2D eigenvalue weighted by Crippen LogP contribution is 2.31. The van der Waals surface area contributed by atoms with Crippen molar-refractivity contribution >= 4 is 34.8 Å². The lowest BCUT2D eigenvalue weighted by molar-refractivity contribution is -0.402. The maximum atomic E-state index is 11.9. The quantitative estimate of drug-likeness (QED) is 0.678. The van der Waals surface area contributed by atoms with E-state index < -0.39 is 21.6 Å². The maximum absolute atomic E-state index is 11.9. The van der Waals surface area contributed by atoms with Crippen LogP contribution < -0.4 is 5.32 Å². The number of hydrogen-bond donors (Lipinski definition) is 1. The summed E-state index contributed by atoms with van der Waals surface area (Å²) in [5, 5.41) is 23.5. The van der Waals surface area contributed by atoms with Gasteiger partial charge in [-0.3, -0.25) is 25.0 Å². The zero-order valence-corrected chi connectivity index (χ0v) is 11.8. The summed E-state index contributed by atoms with van der Waals surface area (Å²) in [6.07, 6.45) is 0. The number of aryl methyl sites for hydroxylation is 1. The van der Waals surface area contributed by atoms with E-state index in [4.69, 9.17) is 16.0 Å². The molecule has 0 unspecified atom stereocenters. The van der Waals surface area contributed by atoms with Crippen LogP contribution in [0.3, 0.4) is 0 Å². The molecule has 0 spiro atoms. The van der Waals surface area contributed by atoms with E-state index in [2.05, 4.69) is 5.32 Å². The van der Waals surface area contributed by atoms with Crippen molar-refractivity contribution in [3.63, 3.8) is 0 Å². The monoisotopic (exact) mass is 325 g/mol. The van der Waals surface area contributed by atoms with Crippen LogP contribution in [0, 0.1) is 27.2 Å². The average molecular weight is 326 g/mol. The second kappa shape index (κ2) is 5.82. The molecule has 1 N–H and O–H groups in total. The standard InChI is InChI=1S/C12H8ClN3O6/c1-6-4-9(15(18)19)7(13)5-8(6)14-12(17)10-2-3-11(22-10)16(20)21/h2-5H,1H3,(H,14,17). The van der Waals surface area contributed by atoms with Gasteiger partial charge >= 0.3 is 5.88 Å². The summed E-state index contributed by atoms with van der Waals surface area (Å²) in [4.78, 5) is 31.8. The molecule has 2 aromatic rings. The number of nitrogens with zero attached hydrogens (tertiary/aromatic N) is 2. The van der Waals surface area contributed by atoms with Crippen molar-refractivity contribution in [3.05, 3.63) is 60.8 Å². The van der Waals surface area contributed by atoms with Crippen molar-refractivity contribution in [1.29, 1.82) is 0 Å². The van der Waals surface area contributed by atoms with Crippen LogP contribution in [-0.4, -0.2) is 15.8 Å². The Balaban J connectivity index is 2.26. The number of halogens is 1. The number of benzene rings is 1. The van der Waals surface area contributed by atoms with Crippen molar-refractivity contribution in [2.45, 2.75) is 6.92 Å². The highest BCUT2D eigenvalue weighted by Gasteiger charge is 2.20. The molecule has 0 aliphatic carbocycles. The first kappa shape index (κ1) is 15.4. The Bertz CT molecular complexity index is 785. The molecular weight excluding hydrogens is 318 g/mol. The molecule has 0 aliphatic heterocycles. The van der Waals surface area contributed by atoms with Crippen LogP contribution in [0.1, 0.15) is 16.1 Å². The predicted octanol–water partition coefficient (Wildman–Crippen LogP) is 3.31. The van der Waals surface area contributed by atoms with Gasteiger partial charge in [-0.05, 0) is 24.6 Å². The van der Waals surface area contributed by atoms with Crippen LogP contribution in [0.4, 0.5) is 17.3 Å². The maximum Gasteiger partial charge on any atom is 0.433 e. The molecule has 0 aliphatic rings. The van der Waals surface area contributed by atoms with Gasteiger partial charge in [0.1, 0.15) is 9.95 Å². The van der Waals surface area contributed by atoms with E-state index in [1.54, 1.807) is 6.92 Å². The van der Waals surface area contributed by atoms with Gasteiger partial charge in [-0.2, -0.15) is 0 Å². The summed E-state index contributed by atoms with van der Waals surface area (Å²) >= 11 is 5.77. The van der Waals surface area contributed by atoms with Crippen LogP contribution >= 0.6 is 11.6 Å². The molecule has 10 heteroatoms. The van der Waals surface area contributed by atoms with Gasteiger partial charge in [-0.15, -0.1) is 0 Å². The average Bonchev–Trinajstić information content (AvgIpc) is 2.92. The normalized spacial score (nSPS) is 10.3. The Labute approximate surface area is 127 Å². The van der Waals surface area contributed by atoms with Crippen molar-refractivity contribution in [2.75, 3.05) is 5.32 Å². The number of anilines is 1. The van der Waals surface area contributed by atoms with Gasteiger partial charge in [0.2, 0.25) is 0 Å². The van der Waals surface area contributed by atoms with E-state index in [9.17, 15) is 25.0 Å². The molecule has 0 radical (unpaired) electrons. The van der Waals surface area contributed by atoms with Gasteiger partial charge in [0, 0.05) is 11.8 Å². The van der Waals surface area contributed by atoms with Crippen molar-refractivity contribution in [2.24, 2.45) is 0 Å². The Hall–Kier alpha value is -2.94. The third-order valence-corrected chi connectivity index (χ3v) is 3.04. The first-order chi connectivity index (χ1) is 10.3. The summed E-state index contributed by atoms with van der Waals surface area (Å²) < 4.78 is 4.76. The smallest absolute Gasteiger partial charge is 0.395 e. The summed E-state index contributed by atoms with van der Waals surface area (Å²) in [7, 11) is 0. The highest BCUT2D eigenvalue weighted by molar-refractivity contribution is 6.33. The molecule has 22 heavy (non-hydrogen) atoms. The van der Waals surface area contributed by atoms with E-state index in [1.807, 2.05) is 0 Å². The van der Waals surface area contributed by atoms with Crippen molar-refractivity contribution in [3.8, 4) is 0 Å². The molecule has 1 aromatic carbocycles. The molecule has 0 atom stereocenters. The SMILES string of the molecule is Cc1cc([N+](=O)[O-])c(Cl)cc1NC(=O)c1ccc([N+](=O)[O-])o1. The molecule has 0 fully saturated rings. The molecule has 1 heterocycles. The Kier molecular flexibility index (Phi) is 4.08. The minimum absolute atomic E-state index is 0.142. The molecule has 0 saturated heterocycles. The van der Waals surface area contributed by atoms with E-state index in [-0.39, 0.29) is 22.2 Å². The van der Waals surface area contributed by atoms with Gasteiger partial charge in [-0.1, -0.05) is 11.6 Å². The molecule has 1 aromatic heterocycles.